The van der Waals surface area contributed by atoms with E-state index in [2.05, 4.69) is 38.5 Å². The van der Waals surface area contributed by atoms with Crippen molar-refractivity contribution in [2.75, 3.05) is 44.2 Å². The van der Waals surface area contributed by atoms with E-state index in [1.165, 1.54) is 5.69 Å². The maximum atomic E-state index is 6.14. The van der Waals surface area contributed by atoms with E-state index in [0.29, 0.717) is 13.2 Å². The van der Waals surface area contributed by atoms with Gasteiger partial charge in [0.05, 0.1) is 6.54 Å². The molecule has 4 aromatic rings. The number of halogens is 1. The van der Waals surface area contributed by atoms with Crippen molar-refractivity contribution in [2.24, 2.45) is 0 Å². The zero-order valence-electron chi connectivity index (χ0n) is 20.3. The molecular formula is C29H31ClN4O2. The Balaban J connectivity index is 1.02. The number of nitrogens with one attached hydrogen (secondary N) is 1. The van der Waals surface area contributed by atoms with Gasteiger partial charge in [0.25, 0.3) is 0 Å². The highest BCUT2D eigenvalue weighted by atomic mass is 35.5. The molecule has 1 N–H and O–H groups in total. The van der Waals surface area contributed by atoms with E-state index < -0.39 is 0 Å². The minimum Gasteiger partial charge on any atom is -0.489 e. The van der Waals surface area contributed by atoms with Gasteiger partial charge in [0.15, 0.2) is 5.76 Å². The Bertz CT molecular complexity index is 1220. The zero-order valence-corrected chi connectivity index (χ0v) is 21.0. The third-order valence-electron chi connectivity index (χ3n) is 6.41. The quantitative estimate of drug-likeness (QED) is 0.289. The van der Waals surface area contributed by atoms with Crippen molar-refractivity contribution in [1.29, 1.82) is 0 Å². The molecule has 0 saturated carbocycles. The van der Waals surface area contributed by atoms with Crippen LogP contribution in [0.1, 0.15) is 11.3 Å². The van der Waals surface area contributed by atoms with Crippen LogP contribution in [-0.4, -0.2) is 49.3 Å². The standard InChI is InChI=1S/C29H31ClN4O2/c30-25-7-4-8-26(19-25)34-17-15-33(16-18-34)14-13-31-21-28-20-29(32-36-28)24-9-11-27(12-10-24)35-22-23-5-2-1-3-6-23/h1-12,19-20,31H,13-18,21-22H2. The molecule has 0 unspecified atom stereocenters. The highest BCUT2D eigenvalue weighted by molar-refractivity contribution is 6.30. The van der Waals surface area contributed by atoms with Gasteiger partial charge < -0.3 is 19.5 Å². The summed E-state index contributed by atoms with van der Waals surface area (Å²) < 4.78 is 11.4. The molecule has 0 bridgehead atoms. The molecule has 5 rings (SSSR count). The van der Waals surface area contributed by atoms with Crippen LogP contribution in [0.25, 0.3) is 11.3 Å². The van der Waals surface area contributed by atoms with E-state index in [-0.39, 0.29) is 0 Å². The number of benzene rings is 3. The Kier molecular flexibility index (Phi) is 8.18. The molecule has 0 amide bonds. The second kappa shape index (κ2) is 12.1. The van der Waals surface area contributed by atoms with Gasteiger partial charge in [-0.05, 0) is 48.0 Å². The zero-order chi connectivity index (χ0) is 24.6. The first-order valence-electron chi connectivity index (χ1n) is 12.4. The van der Waals surface area contributed by atoms with Gasteiger partial charge >= 0.3 is 0 Å². The van der Waals surface area contributed by atoms with E-state index in [4.69, 9.17) is 20.9 Å². The molecule has 1 aliphatic rings. The average Bonchev–Trinajstić information content (AvgIpc) is 3.40. The summed E-state index contributed by atoms with van der Waals surface area (Å²) in [5, 5.41) is 8.51. The first-order chi connectivity index (χ1) is 17.7. The number of nitrogens with zero attached hydrogens (tertiary/aromatic N) is 3. The van der Waals surface area contributed by atoms with Crippen molar-refractivity contribution < 1.29 is 9.26 Å². The van der Waals surface area contributed by atoms with E-state index >= 15 is 0 Å². The molecule has 0 radical (unpaired) electrons. The fraction of sp³-hybridized carbons (Fsp3) is 0.276. The van der Waals surface area contributed by atoms with Crippen LogP contribution in [0.5, 0.6) is 5.75 Å². The van der Waals surface area contributed by atoms with E-state index in [1.807, 2.05) is 66.7 Å². The molecule has 186 valence electrons. The number of hydrogen-bond donors (Lipinski definition) is 1. The number of aromatic nitrogens is 1. The van der Waals surface area contributed by atoms with Crippen LogP contribution in [-0.2, 0) is 13.2 Å². The van der Waals surface area contributed by atoms with Gasteiger partial charge in [-0.1, -0.05) is 53.2 Å². The molecule has 3 aromatic carbocycles. The molecule has 7 heteroatoms. The highest BCUT2D eigenvalue weighted by Gasteiger charge is 2.17. The fourth-order valence-corrected chi connectivity index (χ4v) is 4.53. The van der Waals surface area contributed by atoms with Crippen molar-refractivity contribution in [3.63, 3.8) is 0 Å². The summed E-state index contributed by atoms with van der Waals surface area (Å²) in [6.45, 7) is 7.25. The van der Waals surface area contributed by atoms with Crippen LogP contribution in [0.3, 0.4) is 0 Å². The first-order valence-corrected chi connectivity index (χ1v) is 12.8. The summed E-state index contributed by atoms with van der Waals surface area (Å²) in [4.78, 5) is 4.88. The Hall–Kier alpha value is -3.32. The van der Waals surface area contributed by atoms with E-state index in [9.17, 15) is 0 Å². The molecule has 6 nitrogen and oxygen atoms in total. The van der Waals surface area contributed by atoms with Crippen LogP contribution < -0.4 is 15.0 Å². The SMILES string of the molecule is Clc1cccc(N2CCN(CCNCc3cc(-c4ccc(OCc5ccccc5)cc4)no3)CC2)c1. The first kappa shape index (κ1) is 24.4. The third-order valence-corrected chi connectivity index (χ3v) is 6.64. The van der Waals surface area contributed by atoms with Crippen molar-refractivity contribution in [1.82, 2.24) is 15.4 Å². The third kappa shape index (κ3) is 6.66. The summed E-state index contributed by atoms with van der Waals surface area (Å²) in [6.07, 6.45) is 0. The highest BCUT2D eigenvalue weighted by Crippen LogP contribution is 2.23. The van der Waals surface area contributed by atoms with Gasteiger partial charge in [-0.25, -0.2) is 0 Å². The Morgan fingerprint density at radius 1 is 0.889 bits per heavy atom. The molecule has 0 aliphatic carbocycles. The molecule has 36 heavy (non-hydrogen) atoms. The molecule has 1 saturated heterocycles. The maximum Gasteiger partial charge on any atom is 0.151 e. The van der Waals surface area contributed by atoms with Gasteiger partial charge in [0.2, 0.25) is 0 Å². The van der Waals surface area contributed by atoms with Crippen LogP contribution in [0.2, 0.25) is 5.02 Å². The van der Waals surface area contributed by atoms with E-state index in [0.717, 1.165) is 72.6 Å². The predicted octanol–water partition coefficient (Wildman–Crippen LogP) is 5.49. The van der Waals surface area contributed by atoms with Crippen LogP contribution in [0.15, 0.2) is 89.5 Å². The minimum atomic E-state index is 0.553. The lowest BCUT2D eigenvalue weighted by Crippen LogP contribution is -2.48. The minimum absolute atomic E-state index is 0.553. The number of hydrogen-bond acceptors (Lipinski definition) is 6. The average molecular weight is 503 g/mol. The number of anilines is 1. The maximum absolute atomic E-state index is 6.14. The largest absolute Gasteiger partial charge is 0.489 e. The van der Waals surface area contributed by atoms with Gasteiger partial charge in [-0.2, -0.15) is 0 Å². The van der Waals surface area contributed by atoms with Gasteiger partial charge in [0.1, 0.15) is 18.1 Å². The topological polar surface area (TPSA) is 53.8 Å². The summed E-state index contributed by atoms with van der Waals surface area (Å²) >= 11 is 6.14. The predicted molar refractivity (Wildman–Crippen MR) is 145 cm³/mol. The number of rotatable bonds is 10. The molecule has 1 aromatic heterocycles. The smallest absolute Gasteiger partial charge is 0.151 e. The fourth-order valence-electron chi connectivity index (χ4n) is 4.35. The monoisotopic (exact) mass is 502 g/mol. The summed E-state index contributed by atoms with van der Waals surface area (Å²) in [5.74, 6) is 1.67. The van der Waals surface area contributed by atoms with Gasteiger partial charge in [-0.15, -0.1) is 0 Å². The van der Waals surface area contributed by atoms with Crippen LogP contribution >= 0.6 is 11.6 Å². The number of piperazine rings is 1. The van der Waals surface area contributed by atoms with Gasteiger partial charge in [-0.3, -0.25) is 4.90 Å². The van der Waals surface area contributed by atoms with Crippen molar-refractivity contribution in [3.8, 4) is 17.0 Å². The molecule has 2 heterocycles. The van der Waals surface area contributed by atoms with Gasteiger partial charge in [0, 0.05) is 61.6 Å². The second-order valence-corrected chi connectivity index (χ2v) is 9.40. The van der Waals surface area contributed by atoms with Crippen molar-refractivity contribution in [3.05, 3.63) is 101 Å². The molecule has 1 fully saturated rings. The molecule has 0 spiro atoms. The van der Waals surface area contributed by atoms with Crippen molar-refractivity contribution in [2.45, 2.75) is 13.2 Å². The summed E-state index contributed by atoms with van der Waals surface area (Å²) in [6, 6.07) is 28.2. The Morgan fingerprint density at radius 3 is 2.47 bits per heavy atom. The summed E-state index contributed by atoms with van der Waals surface area (Å²) in [5.41, 5.74) is 4.19. The molecule has 1 aliphatic heterocycles. The Morgan fingerprint density at radius 2 is 1.69 bits per heavy atom. The van der Waals surface area contributed by atoms with Crippen LogP contribution in [0.4, 0.5) is 5.69 Å². The lowest BCUT2D eigenvalue weighted by Gasteiger charge is -2.36. The number of ether oxygens (including phenoxy) is 1. The summed E-state index contributed by atoms with van der Waals surface area (Å²) in [7, 11) is 0. The lowest BCUT2D eigenvalue weighted by molar-refractivity contribution is 0.255. The lowest BCUT2D eigenvalue weighted by atomic mass is 10.1. The van der Waals surface area contributed by atoms with Crippen molar-refractivity contribution >= 4 is 17.3 Å². The Labute approximate surface area is 217 Å². The molecule has 0 atom stereocenters. The second-order valence-electron chi connectivity index (χ2n) is 8.96. The molecular weight excluding hydrogens is 472 g/mol. The van der Waals surface area contributed by atoms with E-state index in [1.54, 1.807) is 0 Å². The van der Waals surface area contributed by atoms with Crippen LogP contribution in [0, 0.1) is 0 Å². The normalized spacial score (nSPS) is 14.2.